The molecule has 0 saturated carbocycles. The molecule has 2 aliphatic rings. The van der Waals surface area contributed by atoms with E-state index < -0.39 is 30.0 Å². The molecule has 0 bridgehead atoms. The predicted octanol–water partition coefficient (Wildman–Crippen LogP) is 10.5. The fraction of sp³-hybridized carbons (Fsp3) is 0.489. The van der Waals surface area contributed by atoms with Gasteiger partial charge in [-0.1, -0.05) is 0 Å². The Morgan fingerprint density at radius 1 is 0.784 bits per heavy atom. The fourth-order valence-electron chi connectivity index (χ4n) is 9.63. The number of ether oxygens (including phenoxy) is 1. The van der Waals surface area contributed by atoms with Gasteiger partial charge in [-0.25, -0.2) is 0 Å². The molecule has 0 spiro atoms. The number of carbonyl (C=O) groups is 1. The molecule has 1 aliphatic carbocycles. The van der Waals surface area contributed by atoms with Crippen molar-refractivity contribution in [2.75, 3.05) is 6.61 Å². The Bertz CT molecular complexity index is 1570. The Balaban J connectivity index is 1.60. The van der Waals surface area contributed by atoms with E-state index in [0.717, 1.165) is 30.6 Å². The second-order valence-corrected chi connectivity index (χ2v) is 28.8. The summed E-state index contributed by atoms with van der Waals surface area (Å²) in [6, 6.07) is 34.1. The Morgan fingerprint density at radius 3 is 1.73 bits per heavy atom. The second kappa shape index (κ2) is 17.3. The molecule has 1 aromatic heterocycles. The number of hydrogen-bond acceptors (Lipinski definition) is 4. The summed E-state index contributed by atoms with van der Waals surface area (Å²) in [5, 5.41) is 11.3. The van der Waals surface area contributed by atoms with Crippen LogP contribution in [0.3, 0.4) is 0 Å². The van der Waals surface area contributed by atoms with E-state index >= 15 is 0 Å². The van der Waals surface area contributed by atoms with E-state index in [4.69, 9.17) is 4.74 Å². The minimum atomic E-state index is -2.98. The summed E-state index contributed by atoms with van der Waals surface area (Å²) in [5.74, 6) is -0.313. The third-order valence-corrected chi connectivity index (χ3v) is 29.0. The van der Waals surface area contributed by atoms with E-state index in [-0.39, 0.29) is 5.97 Å². The molecule has 5 nitrogen and oxygen atoms in total. The van der Waals surface area contributed by atoms with Gasteiger partial charge < -0.3 is 0 Å². The molecule has 1 aliphatic heterocycles. The van der Waals surface area contributed by atoms with Crippen LogP contribution < -0.4 is 0 Å². The summed E-state index contributed by atoms with van der Waals surface area (Å²) in [6.07, 6.45) is 11.5. The zero-order valence-electron chi connectivity index (χ0n) is 31.5. The molecule has 2 heterocycles. The summed E-state index contributed by atoms with van der Waals surface area (Å²) in [4.78, 5) is 16.4. The molecule has 272 valence electrons. The number of unbranched alkanes of at least 4 members (excludes halogenated alkanes) is 3. The third kappa shape index (κ3) is 7.50. The van der Waals surface area contributed by atoms with E-state index in [1.165, 1.54) is 68.5 Å². The van der Waals surface area contributed by atoms with Gasteiger partial charge in [-0.3, -0.25) is 0 Å². The Hall–Kier alpha value is -2.87. The molecule has 0 amide bonds. The number of fused-ring (bicyclic) bond motifs is 1. The first-order chi connectivity index (χ1) is 25.0. The molecule has 6 rings (SSSR count). The number of benzene rings is 3. The molecule has 2 unspecified atom stereocenters. The van der Waals surface area contributed by atoms with Crippen molar-refractivity contribution >= 4 is 24.3 Å². The Kier molecular flexibility index (Phi) is 12.8. The normalized spacial score (nSPS) is 20.2. The minimum absolute atomic E-state index is 0.303. The van der Waals surface area contributed by atoms with Gasteiger partial charge in [-0.2, -0.15) is 0 Å². The predicted molar refractivity (Wildman–Crippen MR) is 212 cm³/mol. The number of aliphatic hydroxyl groups is 1. The number of aromatic nitrogens is 1. The summed E-state index contributed by atoms with van der Waals surface area (Å²) in [6.45, 7) is 10.1. The van der Waals surface area contributed by atoms with Gasteiger partial charge in [-0.15, -0.1) is 0 Å². The van der Waals surface area contributed by atoms with Crippen LogP contribution in [-0.4, -0.2) is 55.6 Å². The molecule has 1 N–H and O–H groups in total. The molecule has 0 radical (unpaired) electrons. The first-order valence-electron chi connectivity index (χ1n) is 20.0. The van der Waals surface area contributed by atoms with E-state index in [9.17, 15) is 9.90 Å². The van der Waals surface area contributed by atoms with Gasteiger partial charge in [0.15, 0.2) is 0 Å². The van der Waals surface area contributed by atoms with Crippen LogP contribution in [0.2, 0.25) is 13.3 Å². The van der Waals surface area contributed by atoms with Crippen LogP contribution in [-0.2, 0) is 23.2 Å². The van der Waals surface area contributed by atoms with Crippen molar-refractivity contribution in [1.82, 2.24) is 9.47 Å². The molecule has 51 heavy (non-hydrogen) atoms. The van der Waals surface area contributed by atoms with Crippen molar-refractivity contribution in [3.63, 3.8) is 0 Å². The summed E-state index contributed by atoms with van der Waals surface area (Å²) in [5.41, 5.74) is 5.96. The van der Waals surface area contributed by atoms with Crippen LogP contribution in [0.15, 0.2) is 97.2 Å². The first kappa shape index (κ1) is 37.9. The molecular formula is C45H60N2O3Sn. The van der Waals surface area contributed by atoms with Crippen LogP contribution in [0.4, 0.5) is 0 Å². The van der Waals surface area contributed by atoms with E-state index in [1.54, 1.807) is 0 Å². The van der Waals surface area contributed by atoms with Crippen LogP contribution >= 0.6 is 0 Å². The van der Waals surface area contributed by atoms with Gasteiger partial charge in [0.25, 0.3) is 0 Å². The van der Waals surface area contributed by atoms with Crippen molar-refractivity contribution in [1.29, 1.82) is 0 Å². The summed E-state index contributed by atoms with van der Waals surface area (Å²) < 4.78 is 12.8. The zero-order chi connectivity index (χ0) is 35.8. The molecule has 1 fully saturated rings. The van der Waals surface area contributed by atoms with Gasteiger partial charge in [-0.05, 0) is 0 Å². The number of carbonyl (C=O) groups excluding carboxylic acids is 1. The SMILES string of the molecule is CCC[CH2][Sn]([CH2]CCC)([CH2]CCC)[C@@H]1[C@H](Cn2cc(C(=O)OCC)c3c2CCCC3O)N1C(c1ccccc1)(c1ccccc1)c1ccccc1. The van der Waals surface area contributed by atoms with Gasteiger partial charge in [0.2, 0.25) is 0 Å². The van der Waals surface area contributed by atoms with Gasteiger partial charge in [0.1, 0.15) is 0 Å². The number of aliphatic hydroxyl groups excluding tert-OH is 1. The Labute approximate surface area is 311 Å². The zero-order valence-corrected chi connectivity index (χ0v) is 34.4. The van der Waals surface area contributed by atoms with Crippen molar-refractivity contribution in [3.05, 3.63) is 131 Å². The molecule has 4 aromatic rings. The van der Waals surface area contributed by atoms with Crippen molar-refractivity contribution < 1.29 is 14.6 Å². The first-order valence-corrected chi connectivity index (χ1v) is 27.7. The number of rotatable bonds is 18. The van der Waals surface area contributed by atoms with Crippen LogP contribution in [0, 0.1) is 0 Å². The standard InChI is InChI=1S/C33H33N2O3.3C4H9.Sn/c1-2-38-32(37)28-23-34(29-19-12-20-30(36)31(28)29)21-27-22-35(27)33(24-13-6-3-7-14-24,25-15-8-4-9-16-25)26-17-10-5-11-18-26;3*1-3-4-2;/h3-11,13-18,22-23,27,30,36H,2,12,19-21H2,1H3;3*1,3-4H2,2H3;/t27-,30?,35?;;;;/m0..../s1. The maximum absolute atomic E-state index is 13.4. The quantitative estimate of drug-likeness (QED) is 0.0472. The van der Waals surface area contributed by atoms with Crippen LogP contribution in [0.1, 0.15) is 123 Å². The number of nitrogens with zero attached hydrogens (tertiary/aromatic N) is 2. The third-order valence-electron chi connectivity index (χ3n) is 11.9. The maximum atomic E-state index is 13.4. The molecule has 3 aromatic carbocycles. The van der Waals surface area contributed by atoms with E-state index in [0.29, 0.717) is 28.7 Å². The fourth-order valence-corrected chi connectivity index (χ4v) is 29.0. The van der Waals surface area contributed by atoms with E-state index in [1.807, 2.05) is 13.1 Å². The summed E-state index contributed by atoms with van der Waals surface area (Å²) in [7, 11) is 0. The summed E-state index contributed by atoms with van der Waals surface area (Å²) >= 11 is -2.98. The number of hydrogen-bond donors (Lipinski definition) is 1. The average molecular weight is 796 g/mol. The molecular weight excluding hydrogens is 735 g/mol. The van der Waals surface area contributed by atoms with Crippen molar-refractivity contribution in [3.8, 4) is 0 Å². The molecule has 1 saturated heterocycles. The van der Waals surface area contributed by atoms with E-state index in [2.05, 4.69) is 121 Å². The Morgan fingerprint density at radius 2 is 1.27 bits per heavy atom. The van der Waals surface area contributed by atoms with Crippen molar-refractivity contribution in [2.45, 2.75) is 127 Å². The van der Waals surface area contributed by atoms with Gasteiger partial charge >= 0.3 is 313 Å². The number of esters is 1. The topological polar surface area (TPSA) is 54.5 Å². The van der Waals surface area contributed by atoms with Crippen molar-refractivity contribution in [2.24, 2.45) is 0 Å². The average Bonchev–Trinajstić information content (AvgIpc) is 3.76. The molecule has 4 atom stereocenters. The second-order valence-electron chi connectivity index (χ2n) is 15.1. The van der Waals surface area contributed by atoms with Gasteiger partial charge in [0.05, 0.1) is 0 Å². The van der Waals surface area contributed by atoms with Gasteiger partial charge in [0, 0.05) is 0 Å². The van der Waals surface area contributed by atoms with Crippen LogP contribution in [0.5, 0.6) is 0 Å². The monoisotopic (exact) mass is 796 g/mol. The molecule has 6 heteroatoms. The van der Waals surface area contributed by atoms with Crippen LogP contribution in [0.25, 0.3) is 0 Å².